The number of nitrogens with one attached hydrogen (secondary N) is 1. The van der Waals surface area contributed by atoms with Gasteiger partial charge in [0.05, 0.1) is 30.1 Å². The van der Waals surface area contributed by atoms with Crippen molar-refractivity contribution in [1.82, 2.24) is 14.9 Å². The summed E-state index contributed by atoms with van der Waals surface area (Å²) < 4.78 is 5.29. The van der Waals surface area contributed by atoms with E-state index >= 15 is 0 Å². The fourth-order valence-electron chi connectivity index (χ4n) is 3.68. The van der Waals surface area contributed by atoms with E-state index in [4.69, 9.17) is 4.74 Å². The van der Waals surface area contributed by atoms with Crippen LogP contribution in [0.15, 0.2) is 30.5 Å². The molecule has 0 spiro atoms. The number of anilines is 1. The molecule has 1 fully saturated rings. The molecule has 160 valence electrons. The number of hydrogen-bond acceptors (Lipinski definition) is 5. The fraction of sp³-hybridized carbons (Fsp3) is 0.478. The minimum atomic E-state index is -0.459. The third-order valence-electron chi connectivity index (χ3n) is 5.30. The number of rotatable bonds is 4. The van der Waals surface area contributed by atoms with Crippen LogP contribution in [0.2, 0.25) is 0 Å². The number of hydrogen-bond donors (Lipinski definition) is 1. The Bertz CT molecular complexity index is 936. The van der Waals surface area contributed by atoms with Gasteiger partial charge in [-0.3, -0.25) is 9.59 Å². The maximum atomic E-state index is 12.9. The van der Waals surface area contributed by atoms with Gasteiger partial charge in [0.25, 0.3) is 5.91 Å². The quantitative estimate of drug-likeness (QED) is 0.819. The van der Waals surface area contributed by atoms with Crippen LogP contribution in [0.1, 0.15) is 68.0 Å². The number of ether oxygens (including phenoxy) is 1. The molecule has 1 aromatic carbocycles. The molecule has 0 bridgehead atoms. The Labute approximate surface area is 177 Å². The van der Waals surface area contributed by atoms with E-state index in [1.807, 2.05) is 37.8 Å². The molecule has 0 unspecified atom stereocenters. The number of aryl methyl sites for hydroxylation is 1. The third kappa shape index (κ3) is 4.61. The number of likely N-dealkylation sites (tertiary alicyclic amines) is 1. The van der Waals surface area contributed by atoms with Crippen LogP contribution >= 0.6 is 0 Å². The zero-order valence-electron chi connectivity index (χ0n) is 18.4. The van der Waals surface area contributed by atoms with Crippen molar-refractivity contribution in [1.29, 1.82) is 0 Å². The number of benzene rings is 1. The highest BCUT2D eigenvalue weighted by atomic mass is 16.5. The number of carbonyl (C=O) groups is 2. The summed E-state index contributed by atoms with van der Waals surface area (Å²) in [5.41, 5.74) is 1.11. The lowest BCUT2D eigenvalue weighted by Crippen LogP contribution is -2.44. The molecular weight excluding hydrogens is 380 g/mol. The van der Waals surface area contributed by atoms with E-state index in [9.17, 15) is 9.59 Å². The SMILES string of the molecule is COc1ccccc1NC(=O)c1cnc([C@@H]2CCCCN2C(=O)C(C)(C)C)nc1C. The lowest BCUT2D eigenvalue weighted by Gasteiger charge is -2.38. The summed E-state index contributed by atoms with van der Waals surface area (Å²) in [6.45, 7) is 8.29. The van der Waals surface area contributed by atoms with Crippen LogP contribution in [0.25, 0.3) is 0 Å². The van der Waals surface area contributed by atoms with Crippen molar-refractivity contribution in [3.8, 4) is 5.75 Å². The minimum absolute atomic E-state index is 0.103. The van der Waals surface area contributed by atoms with Crippen molar-refractivity contribution < 1.29 is 14.3 Å². The highest BCUT2D eigenvalue weighted by molar-refractivity contribution is 6.05. The third-order valence-corrected chi connectivity index (χ3v) is 5.30. The topological polar surface area (TPSA) is 84.4 Å². The molecule has 1 saturated heterocycles. The van der Waals surface area contributed by atoms with E-state index in [-0.39, 0.29) is 17.9 Å². The summed E-state index contributed by atoms with van der Waals surface area (Å²) in [6, 6.07) is 7.07. The van der Waals surface area contributed by atoms with Crippen molar-refractivity contribution >= 4 is 17.5 Å². The molecule has 0 aliphatic carbocycles. The predicted molar refractivity (Wildman–Crippen MR) is 115 cm³/mol. The van der Waals surface area contributed by atoms with Gasteiger partial charge < -0.3 is 15.0 Å². The molecule has 0 radical (unpaired) electrons. The molecule has 2 aromatic rings. The summed E-state index contributed by atoms with van der Waals surface area (Å²) >= 11 is 0. The van der Waals surface area contributed by atoms with E-state index in [1.54, 1.807) is 32.4 Å². The summed E-state index contributed by atoms with van der Waals surface area (Å²) in [5, 5.41) is 2.86. The number of aromatic nitrogens is 2. The minimum Gasteiger partial charge on any atom is -0.495 e. The highest BCUT2D eigenvalue weighted by Gasteiger charge is 2.35. The van der Waals surface area contributed by atoms with Gasteiger partial charge in [-0.15, -0.1) is 0 Å². The molecule has 7 nitrogen and oxygen atoms in total. The van der Waals surface area contributed by atoms with E-state index in [1.165, 1.54) is 0 Å². The van der Waals surface area contributed by atoms with Gasteiger partial charge in [-0.05, 0) is 38.3 Å². The second kappa shape index (κ2) is 8.81. The van der Waals surface area contributed by atoms with Crippen LogP contribution in [0.5, 0.6) is 5.75 Å². The van der Waals surface area contributed by atoms with Gasteiger partial charge in [-0.2, -0.15) is 0 Å². The molecule has 1 aromatic heterocycles. The number of carbonyl (C=O) groups excluding carboxylic acids is 2. The van der Waals surface area contributed by atoms with Gasteiger partial charge in [-0.1, -0.05) is 32.9 Å². The van der Waals surface area contributed by atoms with Gasteiger partial charge in [0.15, 0.2) is 5.82 Å². The molecule has 1 N–H and O–H groups in total. The van der Waals surface area contributed by atoms with Crippen molar-refractivity contribution in [3.05, 3.63) is 47.5 Å². The van der Waals surface area contributed by atoms with Crippen molar-refractivity contribution in [3.63, 3.8) is 0 Å². The second-order valence-corrected chi connectivity index (χ2v) is 8.64. The zero-order valence-corrected chi connectivity index (χ0v) is 18.4. The number of para-hydroxylation sites is 2. The number of methoxy groups -OCH3 is 1. The standard InChI is InChI=1S/C23H30N4O3/c1-15-16(21(28)26-17-10-6-7-12-19(17)30-5)14-24-20(25-15)18-11-8-9-13-27(18)22(29)23(2,3)4/h6-7,10,12,14,18H,8-9,11,13H2,1-5H3,(H,26,28)/t18-/m0/s1. The lowest BCUT2D eigenvalue weighted by molar-refractivity contribution is -0.143. The Morgan fingerprint density at radius 1 is 1.20 bits per heavy atom. The van der Waals surface area contributed by atoms with Crippen molar-refractivity contribution in [2.45, 2.75) is 53.0 Å². The molecule has 2 amide bonds. The van der Waals surface area contributed by atoms with Gasteiger partial charge in [-0.25, -0.2) is 9.97 Å². The largest absolute Gasteiger partial charge is 0.495 e. The van der Waals surface area contributed by atoms with Crippen molar-refractivity contribution in [2.75, 3.05) is 19.0 Å². The maximum absolute atomic E-state index is 12.9. The maximum Gasteiger partial charge on any atom is 0.259 e. The Morgan fingerprint density at radius 2 is 1.93 bits per heavy atom. The van der Waals surface area contributed by atoms with Crippen LogP contribution in [-0.2, 0) is 4.79 Å². The first-order chi connectivity index (χ1) is 14.2. The van der Waals surface area contributed by atoms with Gasteiger partial charge in [0.2, 0.25) is 5.91 Å². The second-order valence-electron chi connectivity index (χ2n) is 8.64. The highest BCUT2D eigenvalue weighted by Crippen LogP contribution is 2.33. The van der Waals surface area contributed by atoms with Crippen LogP contribution in [-0.4, -0.2) is 40.3 Å². The monoisotopic (exact) mass is 410 g/mol. The Morgan fingerprint density at radius 3 is 2.60 bits per heavy atom. The fourth-order valence-corrected chi connectivity index (χ4v) is 3.68. The first-order valence-corrected chi connectivity index (χ1v) is 10.3. The average Bonchev–Trinajstić information content (AvgIpc) is 2.72. The molecule has 2 heterocycles. The molecule has 7 heteroatoms. The molecule has 1 aliphatic heterocycles. The Balaban J connectivity index is 1.83. The van der Waals surface area contributed by atoms with E-state index < -0.39 is 5.41 Å². The van der Waals surface area contributed by atoms with Crippen LogP contribution < -0.4 is 10.1 Å². The molecule has 1 atom stereocenters. The molecule has 30 heavy (non-hydrogen) atoms. The Hall–Kier alpha value is -2.96. The summed E-state index contributed by atoms with van der Waals surface area (Å²) in [6.07, 6.45) is 4.39. The molecular formula is C23H30N4O3. The predicted octanol–water partition coefficient (Wildman–Crippen LogP) is 4.15. The van der Waals surface area contributed by atoms with E-state index in [0.29, 0.717) is 35.1 Å². The number of amides is 2. The zero-order chi connectivity index (χ0) is 21.9. The van der Waals surface area contributed by atoms with Crippen LogP contribution in [0, 0.1) is 12.3 Å². The molecule has 0 saturated carbocycles. The van der Waals surface area contributed by atoms with Gasteiger partial charge in [0.1, 0.15) is 5.75 Å². The van der Waals surface area contributed by atoms with E-state index in [0.717, 1.165) is 19.3 Å². The number of piperidine rings is 1. The Kier molecular flexibility index (Phi) is 6.39. The molecule has 3 rings (SSSR count). The molecule has 1 aliphatic rings. The van der Waals surface area contributed by atoms with Crippen LogP contribution in [0.3, 0.4) is 0 Å². The van der Waals surface area contributed by atoms with Gasteiger partial charge >= 0.3 is 0 Å². The van der Waals surface area contributed by atoms with Crippen molar-refractivity contribution in [2.24, 2.45) is 5.41 Å². The first-order valence-electron chi connectivity index (χ1n) is 10.3. The van der Waals surface area contributed by atoms with Gasteiger partial charge in [0, 0.05) is 18.2 Å². The summed E-state index contributed by atoms with van der Waals surface area (Å²) in [7, 11) is 1.56. The average molecular weight is 411 g/mol. The summed E-state index contributed by atoms with van der Waals surface area (Å²) in [4.78, 5) is 36.7. The normalized spacial score (nSPS) is 16.8. The smallest absolute Gasteiger partial charge is 0.259 e. The first kappa shape index (κ1) is 21.7. The van der Waals surface area contributed by atoms with E-state index in [2.05, 4.69) is 15.3 Å². The summed E-state index contributed by atoms with van der Waals surface area (Å²) in [5.74, 6) is 0.986. The lowest BCUT2D eigenvalue weighted by atomic mass is 9.91. The van der Waals surface area contributed by atoms with Crippen LogP contribution in [0.4, 0.5) is 5.69 Å². The number of nitrogens with zero attached hydrogens (tertiary/aromatic N) is 3.